The van der Waals surface area contributed by atoms with E-state index in [-0.39, 0.29) is 11.9 Å². The average molecular weight is 347 g/mol. The smallest absolute Gasteiger partial charge is 0.239 e. The molecule has 7 heteroatoms. The fourth-order valence-electron chi connectivity index (χ4n) is 2.29. The van der Waals surface area contributed by atoms with E-state index in [0.717, 1.165) is 16.7 Å². The summed E-state index contributed by atoms with van der Waals surface area (Å²) in [4.78, 5) is 14.9. The van der Waals surface area contributed by atoms with Gasteiger partial charge in [0.25, 0.3) is 0 Å². The van der Waals surface area contributed by atoms with E-state index in [4.69, 9.17) is 0 Å². The zero-order valence-corrected chi connectivity index (χ0v) is 15.9. The van der Waals surface area contributed by atoms with Gasteiger partial charge in [0.15, 0.2) is 0 Å². The van der Waals surface area contributed by atoms with Gasteiger partial charge in [-0.3, -0.25) is 4.79 Å². The third-order valence-corrected chi connectivity index (χ3v) is 5.01. The second-order valence-electron chi connectivity index (χ2n) is 6.79. The zero-order valence-electron chi connectivity index (χ0n) is 14.3. The van der Waals surface area contributed by atoms with Crippen LogP contribution in [0.2, 0.25) is 0 Å². The molecule has 0 spiro atoms. The van der Waals surface area contributed by atoms with Crippen molar-refractivity contribution in [2.75, 3.05) is 6.26 Å². The molecule has 0 bridgehead atoms. The van der Waals surface area contributed by atoms with E-state index in [1.54, 1.807) is 11.3 Å². The summed E-state index contributed by atoms with van der Waals surface area (Å²) in [6, 6.07) is 1.08. The summed E-state index contributed by atoms with van der Waals surface area (Å²) in [5, 5.41) is 2.92. The minimum Gasteiger partial charge on any atom is -0.348 e. The molecule has 1 rings (SSSR count). The summed E-state index contributed by atoms with van der Waals surface area (Å²) in [6.07, 6.45) is 1.06. The molecule has 0 aliphatic carbocycles. The summed E-state index contributed by atoms with van der Waals surface area (Å²) >= 11 is 1.69. The monoisotopic (exact) mass is 346 g/mol. The van der Waals surface area contributed by atoms with Gasteiger partial charge >= 0.3 is 0 Å². The number of carbonyl (C=O) groups excluding carboxylic acids is 1. The fourth-order valence-corrected chi connectivity index (χ4v) is 4.20. The summed E-state index contributed by atoms with van der Waals surface area (Å²) in [6.45, 7) is 11.5. The van der Waals surface area contributed by atoms with E-state index in [0.29, 0.717) is 0 Å². The van der Waals surface area contributed by atoms with Crippen molar-refractivity contribution in [3.8, 4) is 0 Å². The highest BCUT2D eigenvalue weighted by atomic mass is 32.2. The number of thiophene rings is 1. The van der Waals surface area contributed by atoms with Crippen LogP contribution in [0.15, 0.2) is 6.07 Å². The molecule has 0 aliphatic rings. The van der Waals surface area contributed by atoms with Crippen molar-refractivity contribution in [3.63, 3.8) is 0 Å². The van der Waals surface area contributed by atoms with E-state index in [2.05, 4.69) is 16.1 Å². The quantitative estimate of drug-likeness (QED) is 0.860. The van der Waals surface area contributed by atoms with Crippen molar-refractivity contribution in [3.05, 3.63) is 21.4 Å². The maximum atomic E-state index is 12.5. The molecule has 0 fully saturated rings. The fraction of sp³-hybridized carbons (Fsp3) is 0.667. The average Bonchev–Trinajstić information content (AvgIpc) is 2.62. The van der Waals surface area contributed by atoms with Gasteiger partial charge in [-0.15, -0.1) is 11.3 Å². The number of sulfonamides is 1. The third-order valence-electron chi connectivity index (χ3n) is 3.36. The van der Waals surface area contributed by atoms with Gasteiger partial charge in [0.1, 0.15) is 6.04 Å². The number of hydrogen-bond donors (Lipinski definition) is 2. The molecule has 5 nitrogen and oxygen atoms in total. The summed E-state index contributed by atoms with van der Waals surface area (Å²) in [5.74, 6) is -0.311. The zero-order chi connectivity index (χ0) is 17.3. The maximum Gasteiger partial charge on any atom is 0.239 e. The molecule has 0 aliphatic heterocycles. The van der Waals surface area contributed by atoms with Gasteiger partial charge < -0.3 is 5.32 Å². The van der Waals surface area contributed by atoms with Gasteiger partial charge in [0, 0.05) is 9.75 Å². The number of rotatable bonds is 5. The summed E-state index contributed by atoms with van der Waals surface area (Å²) in [7, 11) is -3.46. The van der Waals surface area contributed by atoms with Crippen LogP contribution in [-0.4, -0.2) is 26.6 Å². The Bertz CT molecular complexity index is 642. The first-order valence-corrected chi connectivity index (χ1v) is 9.86. The number of hydrogen-bond acceptors (Lipinski definition) is 4. The van der Waals surface area contributed by atoms with E-state index in [9.17, 15) is 13.2 Å². The van der Waals surface area contributed by atoms with Gasteiger partial charge in [0.05, 0.1) is 12.3 Å². The van der Waals surface area contributed by atoms with Crippen molar-refractivity contribution < 1.29 is 13.2 Å². The molecule has 22 heavy (non-hydrogen) atoms. The first kappa shape index (κ1) is 19.1. The van der Waals surface area contributed by atoms with Crippen molar-refractivity contribution in [2.24, 2.45) is 5.41 Å². The van der Waals surface area contributed by atoms with Gasteiger partial charge in [-0.1, -0.05) is 20.8 Å². The van der Waals surface area contributed by atoms with Crippen LogP contribution in [0.3, 0.4) is 0 Å². The number of aryl methyl sites for hydroxylation is 2. The normalized spacial score (nSPS) is 15.4. The van der Waals surface area contributed by atoms with E-state index in [1.807, 2.05) is 41.5 Å². The standard InChI is InChI=1S/C15H26N2O3S2/c1-9-8-12(11(3)21-9)10(2)16-14(18)13(15(4,5)6)17-22(7,19)20/h8,10,13,17H,1-7H3,(H,16,18)/t10-,13-/m0/s1. The Balaban J connectivity index is 2.94. The lowest BCUT2D eigenvalue weighted by atomic mass is 9.86. The second-order valence-corrected chi connectivity index (χ2v) is 10.0. The lowest BCUT2D eigenvalue weighted by Crippen LogP contribution is -2.53. The molecule has 1 amide bonds. The van der Waals surface area contributed by atoms with E-state index in [1.165, 1.54) is 4.88 Å². The Morgan fingerprint density at radius 2 is 1.82 bits per heavy atom. The van der Waals surface area contributed by atoms with Crippen molar-refractivity contribution in [2.45, 2.75) is 53.6 Å². The summed E-state index contributed by atoms with van der Waals surface area (Å²) in [5.41, 5.74) is 0.551. The molecule has 126 valence electrons. The maximum absolute atomic E-state index is 12.5. The molecule has 0 unspecified atom stereocenters. The van der Waals surface area contributed by atoms with Crippen LogP contribution in [0.1, 0.15) is 49.1 Å². The Morgan fingerprint density at radius 3 is 2.18 bits per heavy atom. The SMILES string of the molecule is Cc1cc([C@H](C)NC(=O)[C@H](NS(C)(=O)=O)C(C)(C)C)c(C)s1. The van der Waals surface area contributed by atoms with E-state index < -0.39 is 21.5 Å². The highest BCUT2D eigenvalue weighted by molar-refractivity contribution is 7.88. The minimum atomic E-state index is -3.46. The van der Waals surface area contributed by atoms with Crippen LogP contribution in [0, 0.1) is 19.3 Å². The lowest BCUT2D eigenvalue weighted by Gasteiger charge is -2.30. The molecular weight excluding hydrogens is 320 g/mol. The minimum absolute atomic E-state index is 0.163. The van der Waals surface area contributed by atoms with Crippen LogP contribution < -0.4 is 10.0 Å². The Morgan fingerprint density at radius 1 is 1.27 bits per heavy atom. The predicted molar refractivity (Wildman–Crippen MR) is 91.6 cm³/mol. The molecule has 0 saturated heterocycles. The second kappa shape index (κ2) is 6.68. The molecular formula is C15H26N2O3S2. The van der Waals surface area contributed by atoms with Gasteiger partial charge in [-0.25, -0.2) is 13.1 Å². The van der Waals surface area contributed by atoms with E-state index >= 15 is 0 Å². The topological polar surface area (TPSA) is 75.3 Å². The highest BCUT2D eigenvalue weighted by Gasteiger charge is 2.34. The Labute approximate surface area is 137 Å². The molecule has 0 radical (unpaired) electrons. The molecule has 1 aromatic rings. The van der Waals surface area contributed by atoms with Gasteiger partial charge in [-0.05, 0) is 37.8 Å². The van der Waals surface area contributed by atoms with Gasteiger partial charge in [0.2, 0.25) is 15.9 Å². The molecule has 2 atom stereocenters. The van der Waals surface area contributed by atoms with Crippen molar-refractivity contribution in [1.82, 2.24) is 10.0 Å². The van der Waals surface area contributed by atoms with Crippen LogP contribution in [0.4, 0.5) is 0 Å². The largest absolute Gasteiger partial charge is 0.348 e. The number of carbonyl (C=O) groups is 1. The van der Waals surface area contributed by atoms with Crippen LogP contribution in [0.5, 0.6) is 0 Å². The Hall–Kier alpha value is -0.920. The van der Waals surface area contributed by atoms with Crippen LogP contribution >= 0.6 is 11.3 Å². The Kier molecular flexibility index (Phi) is 5.81. The van der Waals surface area contributed by atoms with Crippen molar-refractivity contribution >= 4 is 27.3 Å². The number of nitrogens with one attached hydrogen (secondary N) is 2. The molecule has 1 heterocycles. The highest BCUT2D eigenvalue weighted by Crippen LogP contribution is 2.27. The third kappa shape index (κ3) is 5.37. The molecule has 2 N–H and O–H groups in total. The molecule has 0 saturated carbocycles. The van der Waals surface area contributed by atoms with Crippen LogP contribution in [-0.2, 0) is 14.8 Å². The predicted octanol–water partition coefficient (Wildman–Crippen LogP) is 2.51. The van der Waals surface area contributed by atoms with Crippen molar-refractivity contribution in [1.29, 1.82) is 0 Å². The molecule has 0 aromatic carbocycles. The first-order valence-electron chi connectivity index (χ1n) is 7.16. The van der Waals surface area contributed by atoms with Gasteiger partial charge in [-0.2, -0.15) is 0 Å². The first-order chi connectivity index (χ1) is 9.81. The summed E-state index contributed by atoms with van der Waals surface area (Å²) < 4.78 is 25.5. The lowest BCUT2D eigenvalue weighted by molar-refractivity contribution is -0.125. The van der Waals surface area contributed by atoms with Crippen LogP contribution in [0.25, 0.3) is 0 Å². The number of amides is 1. The molecule has 1 aromatic heterocycles.